The summed E-state index contributed by atoms with van der Waals surface area (Å²) in [5, 5.41) is 2.54. The van der Waals surface area contributed by atoms with Gasteiger partial charge in [-0.05, 0) is 0 Å². The average Bonchev–Trinajstić information content (AvgIpc) is 2.05. The Labute approximate surface area is 69.1 Å². The second-order valence-corrected chi connectivity index (χ2v) is 4.09. The largest absolute Gasteiger partial charge is 0.616 e. The summed E-state index contributed by atoms with van der Waals surface area (Å²) in [7, 11) is 1.61. The molecule has 1 aliphatic heterocycles. The van der Waals surface area contributed by atoms with Crippen LogP contribution in [-0.4, -0.2) is 47.1 Å². The zero-order chi connectivity index (χ0) is 8.27. The third kappa shape index (κ3) is 2.27. The molecule has 0 aromatic heterocycles. The maximum atomic E-state index is 11.0. The van der Waals surface area contributed by atoms with Crippen molar-refractivity contribution in [3.8, 4) is 0 Å². The van der Waals surface area contributed by atoms with E-state index >= 15 is 0 Å². The van der Waals surface area contributed by atoms with Crippen LogP contribution in [0.4, 0.5) is 4.79 Å². The van der Waals surface area contributed by atoms with Gasteiger partial charge in [-0.1, -0.05) is 11.2 Å². The van der Waals surface area contributed by atoms with Crippen molar-refractivity contribution in [2.45, 2.75) is 0 Å². The predicted octanol–water partition coefficient (Wildman–Crippen LogP) is -0.610. The van der Waals surface area contributed by atoms with Crippen molar-refractivity contribution in [1.82, 2.24) is 10.2 Å². The maximum absolute atomic E-state index is 11.0. The molecule has 0 aromatic rings. The van der Waals surface area contributed by atoms with E-state index in [4.69, 9.17) is 0 Å². The van der Waals surface area contributed by atoms with Crippen molar-refractivity contribution in [3.63, 3.8) is 0 Å². The monoisotopic (exact) mass is 176 g/mol. The molecule has 1 aliphatic rings. The molecule has 1 heterocycles. The van der Waals surface area contributed by atoms with E-state index in [0.717, 1.165) is 0 Å². The molecule has 0 atom stereocenters. The molecule has 4 nitrogen and oxygen atoms in total. The molecule has 0 spiro atoms. The van der Waals surface area contributed by atoms with Gasteiger partial charge in [0, 0.05) is 7.05 Å². The summed E-state index contributed by atoms with van der Waals surface area (Å²) in [6.45, 7) is 1.23. The van der Waals surface area contributed by atoms with Gasteiger partial charge in [0.1, 0.15) is 11.5 Å². The van der Waals surface area contributed by atoms with Crippen molar-refractivity contribution >= 4 is 17.2 Å². The number of amides is 2. The van der Waals surface area contributed by atoms with Crippen LogP contribution in [0.3, 0.4) is 0 Å². The Hall–Kier alpha value is -0.420. The molecule has 1 N–H and O–H groups in total. The fraction of sp³-hybridized carbons (Fsp3) is 0.833. The summed E-state index contributed by atoms with van der Waals surface area (Å²) in [4.78, 5) is 12.7. The fourth-order valence-corrected chi connectivity index (χ4v) is 2.05. The Balaban J connectivity index is 2.33. The van der Waals surface area contributed by atoms with Gasteiger partial charge in [0.2, 0.25) is 0 Å². The first-order chi connectivity index (χ1) is 5.24. The second-order valence-electron chi connectivity index (χ2n) is 2.39. The minimum Gasteiger partial charge on any atom is -0.616 e. The number of nitrogens with one attached hydrogen (secondary N) is 1. The highest BCUT2D eigenvalue weighted by Crippen LogP contribution is 2.02. The number of carbonyl (C=O) groups is 1. The molecule has 0 unspecified atom stereocenters. The summed E-state index contributed by atoms with van der Waals surface area (Å²) >= 11 is -0.701. The van der Waals surface area contributed by atoms with Crippen LogP contribution >= 0.6 is 0 Å². The van der Waals surface area contributed by atoms with Crippen LogP contribution in [0.5, 0.6) is 0 Å². The van der Waals surface area contributed by atoms with Gasteiger partial charge in [0.25, 0.3) is 0 Å². The lowest BCUT2D eigenvalue weighted by Crippen LogP contribution is -2.47. The molecule has 0 bridgehead atoms. The molecule has 5 heteroatoms. The van der Waals surface area contributed by atoms with Gasteiger partial charge in [0.15, 0.2) is 0 Å². The zero-order valence-corrected chi connectivity index (χ0v) is 7.32. The molecule has 1 saturated heterocycles. The lowest BCUT2D eigenvalue weighted by molar-refractivity contribution is 0.204. The first-order valence-electron chi connectivity index (χ1n) is 3.55. The number of nitrogens with zero attached hydrogens (tertiary/aromatic N) is 1. The van der Waals surface area contributed by atoms with Crippen LogP contribution in [0, 0.1) is 0 Å². The quantitative estimate of drug-likeness (QED) is 0.501. The van der Waals surface area contributed by atoms with Crippen LogP contribution in [0.2, 0.25) is 0 Å². The normalized spacial score (nSPS) is 20.0. The Kier molecular flexibility index (Phi) is 3.02. The average molecular weight is 176 g/mol. The number of hydrogen-bond donors (Lipinski definition) is 1. The molecule has 1 fully saturated rings. The van der Waals surface area contributed by atoms with E-state index in [-0.39, 0.29) is 6.03 Å². The van der Waals surface area contributed by atoms with Gasteiger partial charge in [0.05, 0.1) is 13.1 Å². The molecule has 0 aliphatic carbocycles. The van der Waals surface area contributed by atoms with Gasteiger partial charge in [-0.25, -0.2) is 4.79 Å². The van der Waals surface area contributed by atoms with Crippen LogP contribution in [0.15, 0.2) is 0 Å². The van der Waals surface area contributed by atoms with Crippen LogP contribution in [-0.2, 0) is 11.2 Å². The number of carbonyl (C=O) groups excluding carboxylic acids is 1. The third-order valence-corrected chi connectivity index (χ3v) is 2.95. The Morgan fingerprint density at radius 3 is 2.55 bits per heavy atom. The van der Waals surface area contributed by atoms with Crippen molar-refractivity contribution in [2.75, 3.05) is 31.6 Å². The zero-order valence-electron chi connectivity index (χ0n) is 6.50. The molecule has 0 aromatic carbocycles. The highest BCUT2D eigenvalue weighted by atomic mass is 32.2. The predicted molar refractivity (Wildman–Crippen MR) is 43.9 cm³/mol. The first-order valence-corrected chi connectivity index (χ1v) is 5.04. The van der Waals surface area contributed by atoms with Crippen molar-refractivity contribution in [1.29, 1.82) is 0 Å². The van der Waals surface area contributed by atoms with Crippen molar-refractivity contribution in [2.24, 2.45) is 0 Å². The molecular weight excluding hydrogens is 164 g/mol. The maximum Gasteiger partial charge on any atom is 0.317 e. The topological polar surface area (TPSA) is 55.4 Å². The van der Waals surface area contributed by atoms with Gasteiger partial charge in [-0.3, -0.25) is 0 Å². The second kappa shape index (κ2) is 3.82. The first kappa shape index (κ1) is 8.67. The van der Waals surface area contributed by atoms with E-state index in [9.17, 15) is 9.35 Å². The molecule has 0 radical (unpaired) electrons. The molecule has 1 rings (SSSR count). The smallest absolute Gasteiger partial charge is 0.317 e. The summed E-state index contributed by atoms with van der Waals surface area (Å²) < 4.78 is 10.9. The van der Waals surface area contributed by atoms with E-state index < -0.39 is 11.2 Å². The van der Waals surface area contributed by atoms with E-state index in [0.29, 0.717) is 24.6 Å². The SMILES string of the molecule is CNC(=O)N1CC[S+]([O-])CC1. The summed E-state index contributed by atoms with van der Waals surface area (Å²) in [5.74, 6) is 1.24. The molecule has 64 valence electrons. The lowest BCUT2D eigenvalue weighted by atomic mass is 10.5. The molecule has 2 amide bonds. The van der Waals surface area contributed by atoms with Gasteiger partial charge < -0.3 is 14.8 Å². The standard InChI is InChI=1S/C6H12N2O2S/c1-7-6(9)8-2-4-11(10)5-3-8/h2-5H2,1H3,(H,7,9). The van der Waals surface area contributed by atoms with Crippen LogP contribution < -0.4 is 5.32 Å². The molecular formula is C6H12N2O2S. The highest BCUT2D eigenvalue weighted by molar-refractivity contribution is 7.91. The highest BCUT2D eigenvalue weighted by Gasteiger charge is 2.22. The fourth-order valence-electron chi connectivity index (χ4n) is 0.999. The van der Waals surface area contributed by atoms with E-state index in [2.05, 4.69) is 5.32 Å². The van der Waals surface area contributed by atoms with Gasteiger partial charge in [-0.15, -0.1) is 0 Å². The minimum atomic E-state index is -0.701. The van der Waals surface area contributed by atoms with Crippen molar-refractivity contribution in [3.05, 3.63) is 0 Å². The molecule has 11 heavy (non-hydrogen) atoms. The Bertz CT molecular complexity index is 146. The Morgan fingerprint density at radius 1 is 1.55 bits per heavy atom. The lowest BCUT2D eigenvalue weighted by Gasteiger charge is -2.27. The van der Waals surface area contributed by atoms with Gasteiger partial charge in [-0.2, -0.15) is 0 Å². The van der Waals surface area contributed by atoms with Gasteiger partial charge >= 0.3 is 6.03 Å². The summed E-state index contributed by atoms with van der Waals surface area (Å²) in [5.41, 5.74) is 0. The van der Waals surface area contributed by atoms with E-state index in [1.54, 1.807) is 11.9 Å². The molecule has 0 saturated carbocycles. The summed E-state index contributed by atoms with van der Waals surface area (Å²) in [6.07, 6.45) is 0. The minimum absolute atomic E-state index is 0.0679. The van der Waals surface area contributed by atoms with Crippen molar-refractivity contribution < 1.29 is 9.35 Å². The van der Waals surface area contributed by atoms with E-state index in [1.807, 2.05) is 0 Å². The van der Waals surface area contributed by atoms with E-state index in [1.165, 1.54) is 0 Å². The number of rotatable bonds is 0. The van der Waals surface area contributed by atoms with Crippen LogP contribution in [0.1, 0.15) is 0 Å². The number of hydrogen-bond acceptors (Lipinski definition) is 2. The summed E-state index contributed by atoms with van der Waals surface area (Å²) in [6, 6.07) is -0.0679. The Morgan fingerprint density at radius 2 is 2.09 bits per heavy atom. The third-order valence-electron chi connectivity index (χ3n) is 1.68. The van der Waals surface area contributed by atoms with Crippen LogP contribution in [0.25, 0.3) is 0 Å². The number of urea groups is 1.